The third-order valence-electron chi connectivity index (χ3n) is 11.0. The van der Waals surface area contributed by atoms with Crippen molar-refractivity contribution in [3.05, 3.63) is 45.4 Å². The minimum absolute atomic E-state index is 0.304. The summed E-state index contributed by atoms with van der Waals surface area (Å²) in [6.45, 7) is 10.0. The molecule has 6 heterocycles. The third-order valence-corrected chi connectivity index (χ3v) is 11.0. The SMILES string of the molecule is CCC1=C2[C@@H](CC)[C@@H](C)[C@H](c3c(CC)c4n5c3CC[C@H]5CCC4)[C@@]23CC[C@H]2CCC=C1N23. The largest absolute Gasteiger partial charge is 0.358 e. The number of hydrogen-bond acceptors (Lipinski definition) is 1. The van der Waals surface area contributed by atoms with Gasteiger partial charge in [0.05, 0.1) is 5.54 Å². The van der Waals surface area contributed by atoms with Crippen molar-refractivity contribution in [3.63, 3.8) is 0 Å². The molecule has 7 rings (SSSR count). The van der Waals surface area contributed by atoms with Crippen LogP contribution in [0.25, 0.3) is 0 Å². The van der Waals surface area contributed by atoms with Crippen molar-refractivity contribution in [2.45, 2.75) is 128 Å². The zero-order chi connectivity index (χ0) is 21.8. The van der Waals surface area contributed by atoms with Gasteiger partial charge in [-0.25, -0.2) is 0 Å². The van der Waals surface area contributed by atoms with Crippen LogP contribution >= 0.6 is 0 Å². The molecule has 1 aliphatic carbocycles. The lowest BCUT2D eigenvalue weighted by Gasteiger charge is -2.44. The number of rotatable bonds is 4. The van der Waals surface area contributed by atoms with Gasteiger partial charge in [0.25, 0.3) is 0 Å². The molecule has 2 fully saturated rings. The van der Waals surface area contributed by atoms with Gasteiger partial charge in [0, 0.05) is 35.1 Å². The van der Waals surface area contributed by atoms with E-state index in [4.69, 9.17) is 0 Å². The lowest BCUT2D eigenvalue weighted by atomic mass is 9.73. The molecule has 0 radical (unpaired) electrons. The maximum Gasteiger partial charge on any atom is 0.0698 e. The van der Waals surface area contributed by atoms with Crippen molar-refractivity contribution in [1.82, 2.24) is 9.47 Å². The van der Waals surface area contributed by atoms with E-state index in [1.807, 2.05) is 11.1 Å². The van der Waals surface area contributed by atoms with Crippen LogP contribution in [0.3, 0.4) is 0 Å². The summed E-state index contributed by atoms with van der Waals surface area (Å²) in [6.07, 6.45) is 18.9. The van der Waals surface area contributed by atoms with Gasteiger partial charge in [0.15, 0.2) is 0 Å². The second kappa shape index (κ2) is 6.80. The van der Waals surface area contributed by atoms with Gasteiger partial charge in [-0.2, -0.15) is 0 Å². The van der Waals surface area contributed by atoms with E-state index in [0.717, 1.165) is 23.9 Å². The number of nitrogens with zero attached hydrogens (tertiary/aromatic N) is 2. The maximum atomic E-state index is 3.05. The van der Waals surface area contributed by atoms with Gasteiger partial charge >= 0.3 is 0 Å². The molecule has 2 nitrogen and oxygen atoms in total. The first kappa shape index (κ1) is 20.0. The highest BCUT2D eigenvalue weighted by Gasteiger charge is 2.67. The molecular formula is C30H42N2. The molecule has 1 aromatic heterocycles. The summed E-state index contributed by atoms with van der Waals surface area (Å²) in [7, 11) is 0. The Bertz CT molecular complexity index is 1030. The molecule has 6 atom stereocenters. The smallest absolute Gasteiger partial charge is 0.0698 e. The first-order valence-electron chi connectivity index (χ1n) is 14.1. The van der Waals surface area contributed by atoms with Crippen molar-refractivity contribution < 1.29 is 0 Å². The van der Waals surface area contributed by atoms with Crippen LogP contribution in [0, 0.1) is 11.8 Å². The number of hydrogen-bond donors (Lipinski definition) is 0. The van der Waals surface area contributed by atoms with Crippen molar-refractivity contribution in [2.24, 2.45) is 11.8 Å². The molecular weight excluding hydrogens is 388 g/mol. The molecule has 1 aromatic rings. The maximum absolute atomic E-state index is 3.05. The van der Waals surface area contributed by atoms with Gasteiger partial charge in [-0.1, -0.05) is 33.8 Å². The summed E-state index contributed by atoms with van der Waals surface area (Å²) in [4.78, 5) is 3.05. The van der Waals surface area contributed by atoms with Gasteiger partial charge in [-0.15, -0.1) is 0 Å². The average molecular weight is 431 g/mol. The summed E-state index contributed by atoms with van der Waals surface area (Å²) >= 11 is 0. The van der Waals surface area contributed by atoms with Gasteiger partial charge in [0.1, 0.15) is 0 Å². The van der Waals surface area contributed by atoms with E-state index in [1.165, 1.54) is 77.0 Å². The van der Waals surface area contributed by atoms with E-state index < -0.39 is 0 Å². The molecule has 172 valence electrons. The molecule has 0 aromatic carbocycles. The van der Waals surface area contributed by atoms with E-state index in [9.17, 15) is 0 Å². The minimum atomic E-state index is 0.304. The van der Waals surface area contributed by atoms with Gasteiger partial charge in [-0.3, -0.25) is 0 Å². The molecule has 6 aliphatic rings. The molecule has 1 saturated heterocycles. The molecule has 0 amide bonds. The van der Waals surface area contributed by atoms with Crippen molar-refractivity contribution in [2.75, 3.05) is 0 Å². The quantitative estimate of drug-likeness (QED) is 0.489. The minimum Gasteiger partial charge on any atom is -0.358 e. The fourth-order valence-corrected chi connectivity index (χ4v) is 10.2. The van der Waals surface area contributed by atoms with Crippen molar-refractivity contribution in [1.29, 1.82) is 0 Å². The Labute approximate surface area is 195 Å². The van der Waals surface area contributed by atoms with Crippen molar-refractivity contribution in [3.8, 4) is 0 Å². The lowest BCUT2D eigenvalue weighted by molar-refractivity contribution is 0.156. The van der Waals surface area contributed by atoms with E-state index >= 15 is 0 Å². The molecule has 0 bridgehead atoms. The standard InChI is InChI=1S/C30H42N2/c1-5-21-18(4)28(27-22(6-2)24-12-8-10-19-14-15-26(27)31(19)24)30-17-16-20-11-9-13-25(32(20)30)23(7-3)29(21)30/h13,18-21,28H,5-12,14-17H2,1-4H3/t18-,19-,20-,21+,28-,30+/m1/s1. The second-order valence-corrected chi connectivity index (χ2v) is 11.8. The molecule has 1 saturated carbocycles. The Hall–Kier alpha value is -1.44. The Morgan fingerprint density at radius 3 is 2.62 bits per heavy atom. The van der Waals surface area contributed by atoms with Crippen LogP contribution in [0.2, 0.25) is 0 Å². The van der Waals surface area contributed by atoms with Gasteiger partial charge < -0.3 is 9.47 Å². The summed E-state index contributed by atoms with van der Waals surface area (Å²) in [5.41, 5.74) is 12.9. The van der Waals surface area contributed by atoms with Crippen LogP contribution in [-0.4, -0.2) is 21.0 Å². The fraction of sp³-hybridized carbons (Fsp3) is 0.733. The van der Waals surface area contributed by atoms with Crippen LogP contribution in [0.4, 0.5) is 0 Å². The summed E-state index contributed by atoms with van der Waals surface area (Å²) in [5.74, 6) is 2.25. The number of aromatic nitrogens is 1. The van der Waals surface area contributed by atoms with Crippen LogP contribution in [-0.2, 0) is 19.3 Å². The Morgan fingerprint density at radius 2 is 1.84 bits per heavy atom. The summed E-state index contributed by atoms with van der Waals surface area (Å²) in [5, 5.41) is 0. The Kier molecular flexibility index (Phi) is 4.24. The summed E-state index contributed by atoms with van der Waals surface area (Å²) < 4.78 is 2.90. The molecule has 0 N–H and O–H groups in total. The second-order valence-electron chi connectivity index (χ2n) is 11.8. The first-order valence-corrected chi connectivity index (χ1v) is 14.1. The van der Waals surface area contributed by atoms with Crippen LogP contribution < -0.4 is 0 Å². The van der Waals surface area contributed by atoms with Gasteiger partial charge in [-0.05, 0) is 111 Å². The topological polar surface area (TPSA) is 8.17 Å². The van der Waals surface area contributed by atoms with E-state index in [0.29, 0.717) is 11.5 Å². The molecule has 1 spiro atoms. The predicted octanol–water partition coefficient (Wildman–Crippen LogP) is 7.23. The fourth-order valence-electron chi connectivity index (χ4n) is 10.2. The van der Waals surface area contributed by atoms with Crippen LogP contribution in [0.15, 0.2) is 22.9 Å². The van der Waals surface area contributed by atoms with E-state index in [-0.39, 0.29) is 0 Å². The molecule has 2 heteroatoms. The normalized spacial score (nSPS) is 38.9. The van der Waals surface area contributed by atoms with Crippen LogP contribution in [0.1, 0.15) is 120 Å². The van der Waals surface area contributed by atoms with E-state index in [2.05, 4.69) is 43.2 Å². The number of allylic oxidation sites excluding steroid dienone is 2. The summed E-state index contributed by atoms with van der Waals surface area (Å²) in [6, 6.07) is 1.61. The Balaban J connectivity index is 1.51. The molecule has 5 aliphatic heterocycles. The van der Waals surface area contributed by atoms with E-state index in [1.54, 1.807) is 28.2 Å². The van der Waals surface area contributed by atoms with Gasteiger partial charge in [0.2, 0.25) is 0 Å². The Morgan fingerprint density at radius 1 is 0.969 bits per heavy atom. The lowest BCUT2D eigenvalue weighted by Crippen LogP contribution is -2.47. The first-order chi connectivity index (χ1) is 15.7. The third kappa shape index (κ3) is 2.10. The highest BCUT2D eigenvalue weighted by Crippen LogP contribution is 2.70. The highest BCUT2D eigenvalue weighted by molar-refractivity contribution is 5.60. The zero-order valence-electron chi connectivity index (χ0n) is 20.8. The predicted molar refractivity (Wildman–Crippen MR) is 132 cm³/mol. The molecule has 32 heavy (non-hydrogen) atoms. The van der Waals surface area contributed by atoms with Crippen molar-refractivity contribution >= 4 is 0 Å². The average Bonchev–Trinajstić information content (AvgIpc) is 3.58. The highest BCUT2D eigenvalue weighted by atomic mass is 15.3. The monoisotopic (exact) mass is 430 g/mol. The zero-order valence-corrected chi connectivity index (χ0v) is 20.8. The molecule has 0 unspecified atom stereocenters. The van der Waals surface area contributed by atoms with Crippen LogP contribution in [0.5, 0.6) is 0 Å².